The summed E-state index contributed by atoms with van der Waals surface area (Å²) in [5.41, 5.74) is 15.8. The van der Waals surface area contributed by atoms with Crippen LogP contribution in [0.4, 0.5) is 39.9 Å². The van der Waals surface area contributed by atoms with Crippen LogP contribution in [-0.2, 0) is 16.2 Å². The molecule has 10 aromatic carbocycles. The van der Waals surface area contributed by atoms with Crippen molar-refractivity contribution < 1.29 is 11.6 Å². The standard InChI is InChI=1S/C78H70N4OSi/c1-76(2,3)56-28-22-27-53(44-56)54-43-55(46-58(45-54)78(7,8)9)64-35-24-34-63(52-25-12-10-13-26-52)74(64)81-51-80(67-36-17-18-37-68(67)81)59-29-23-30-60(48-59)83-61-49-66-65-33-16-20-39-71(65)84(62-31-14-11-15-32-62)72-40-21-19-38-69(72)82(70(50-61)75(66)84)73-47-57(41-42-79-73)77(4,5)6/h10-50H,51H2,1-9H3/i10D,12D,13D,25D,26D. The number of hydrogen-bond acceptors (Lipinski definition) is 5. The molecule has 0 fully saturated rings. The fourth-order valence-electron chi connectivity index (χ4n) is 13.1. The Morgan fingerprint density at radius 1 is 0.429 bits per heavy atom. The first-order chi connectivity index (χ1) is 42.6. The number of hydrogen-bond donors (Lipinski definition) is 0. The molecule has 5 nitrogen and oxygen atoms in total. The van der Waals surface area contributed by atoms with E-state index in [4.69, 9.17) is 13.8 Å². The van der Waals surface area contributed by atoms with E-state index >= 15 is 0 Å². The number of benzene rings is 10. The second-order valence-corrected chi connectivity index (χ2v) is 29.4. The van der Waals surface area contributed by atoms with Crippen molar-refractivity contribution in [2.45, 2.75) is 78.6 Å². The number of rotatable bonds is 9. The molecule has 0 spiro atoms. The summed E-state index contributed by atoms with van der Waals surface area (Å²) in [6.45, 7) is 20.5. The molecule has 84 heavy (non-hydrogen) atoms. The molecular weight excluding hydrogens is 1040 g/mol. The highest BCUT2D eigenvalue weighted by molar-refractivity contribution is 7.23. The summed E-state index contributed by atoms with van der Waals surface area (Å²) in [7, 11) is -2.93. The van der Waals surface area contributed by atoms with Crippen LogP contribution in [0.15, 0.2) is 249 Å². The molecule has 1 unspecified atom stereocenters. The van der Waals surface area contributed by atoms with Crippen molar-refractivity contribution in [3.63, 3.8) is 0 Å². The van der Waals surface area contributed by atoms with Gasteiger partial charge in [-0.25, -0.2) is 4.98 Å². The summed E-state index contributed by atoms with van der Waals surface area (Å²) in [6, 6.07) is 74.3. The highest BCUT2D eigenvalue weighted by atomic mass is 28.3. The van der Waals surface area contributed by atoms with Crippen LogP contribution < -0.4 is 40.2 Å². The normalized spacial score (nSPS) is 16.0. The van der Waals surface area contributed by atoms with Crippen LogP contribution in [0.1, 0.15) is 85.9 Å². The first-order valence-electron chi connectivity index (χ1n) is 31.7. The van der Waals surface area contributed by atoms with Gasteiger partial charge < -0.3 is 14.5 Å². The van der Waals surface area contributed by atoms with E-state index in [2.05, 4.69) is 253 Å². The van der Waals surface area contributed by atoms with Gasteiger partial charge in [0.15, 0.2) is 8.07 Å². The van der Waals surface area contributed by atoms with Crippen LogP contribution >= 0.6 is 0 Å². The Morgan fingerprint density at radius 3 is 1.79 bits per heavy atom. The summed E-state index contributed by atoms with van der Waals surface area (Å²) in [6.07, 6.45) is 1.94. The zero-order chi connectivity index (χ0) is 62.1. The first kappa shape index (κ1) is 47.3. The van der Waals surface area contributed by atoms with Crippen molar-refractivity contribution >= 4 is 68.8 Å². The van der Waals surface area contributed by atoms with Gasteiger partial charge in [-0.1, -0.05) is 238 Å². The van der Waals surface area contributed by atoms with Crippen molar-refractivity contribution in [2.24, 2.45) is 0 Å². The van der Waals surface area contributed by atoms with E-state index in [-0.39, 0.29) is 46.0 Å². The molecule has 1 aromatic heterocycles. The third kappa shape index (κ3) is 8.85. The summed E-state index contributed by atoms with van der Waals surface area (Å²) in [5, 5.41) is 5.32. The lowest BCUT2D eigenvalue weighted by Gasteiger charge is -2.43. The van der Waals surface area contributed by atoms with Gasteiger partial charge in [0.05, 0.1) is 29.6 Å². The van der Waals surface area contributed by atoms with E-state index in [1.807, 2.05) is 42.6 Å². The van der Waals surface area contributed by atoms with Gasteiger partial charge in [-0.05, 0) is 142 Å². The molecule has 0 bridgehead atoms. The molecule has 0 saturated heterocycles. The van der Waals surface area contributed by atoms with Gasteiger partial charge in [0.25, 0.3) is 0 Å². The molecule has 11 aromatic rings. The third-order valence-electron chi connectivity index (χ3n) is 17.3. The first-order valence-corrected chi connectivity index (χ1v) is 31.2. The lowest BCUT2D eigenvalue weighted by molar-refractivity contribution is 0.483. The maximum atomic E-state index is 9.45. The second-order valence-electron chi connectivity index (χ2n) is 25.7. The molecule has 3 aliphatic rings. The van der Waals surface area contributed by atoms with Gasteiger partial charge in [0.2, 0.25) is 0 Å². The lowest BCUT2D eigenvalue weighted by atomic mass is 9.81. The zero-order valence-electron chi connectivity index (χ0n) is 54.2. The minimum absolute atomic E-state index is 0.0680. The number of para-hydroxylation sites is 4. The fraction of sp³-hybridized carbons (Fsp3) is 0.167. The second kappa shape index (κ2) is 20.0. The molecule has 4 heterocycles. The molecule has 0 N–H and O–H groups in total. The minimum atomic E-state index is -2.93. The fourth-order valence-corrected chi connectivity index (χ4v) is 18.6. The molecule has 14 rings (SSSR count). The van der Waals surface area contributed by atoms with E-state index in [9.17, 15) is 2.74 Å². The van der Waals surface area contributed by atoms with Crippen LogP contribution in [-0.4, -0.2) is 19.7 Å². The van der Waals surface area contributed by atoms with Crippen LogP contribution in [0.3, 0.4) is 0 Å². The number of fused-ring (bicyclic) bond motifs is 6. The Balaban J connectivity index is 0.922. The van der Waals surface area contributed by atoms with Crippen molar-refractivity contribution in [1.29, 1.82) is 0 Å². The molecule has 1 atom stereocenters. The largest absolute Gasteiger partial charge is 0.457 e. The van der Waals surface area contributed by atoms with Crippen molar-refractivity contribution in [3.8, 4) is 56.0 Å². The molecule has 412 valence electrons. The monoisotopic (exact) mass is 1110 g/mol. The SMILES string of the molecule is [2H]c1c([2H])c([2H])c(-c2cccc(-c3cc(-c4cccc(C(C)(C)C)c4)cc(C(C)(C)C)c3)c2N2CN(c3cccc(Oc4cc5c6c(c4)N(c4cc(C(C)(C)C)ccn4)c4ccccc4[Si]6(c4ccccc4)c4ccccc4-5)c3)c3ccccc32)c([2H])c1[2H]. The maximum Gasteiger partial charge on any atom is 0.185 e. The van der Waals surface area contributed by atoms with Gasteiger partial charge in [-0.3, -0.25) is 4.90 Å². The van der Waals surface area contributed by atoms with Crippen molar-refractivity contribution in [3.05, 3.63) is 265 Å². The van der Waals surface area contributed by atoms with E-state index in [0.717, 1.165) is 73.3 Å². The number of pyridine rings is 1. The molecule has 0 amide bonds. The highest BCUT2D eigenvalue weighted by Crippen LogP contribution is 2.52. The quantitative estimate of drug-likeness (QED) is 0.135. The predicted molar refractivity (Wildman–Crippen MR) is 356 cm³/mol. The Kier molecular flexibility index (Phi) is 11.3. The minimum Gasteiger partial charge on any atom is -0.457 e. The molecule has 0 radical (unpaired) electrons. The molecule has 3 aliphatic heterocycles. The number of anilines is 7. The smallest absolute Gasteiger partial charge is 0.185 e. The Hall–Kier alpha value is -9.23. The Bertz CT molecular complexity index is 4650. The summed E-state index contributed by atoms with van der Waals surface area (Å²) >= 11 is 0. The van der Waals surface area contributed by atoms with Gasteiger partial charge in [-0.2, -0.15) is 0 Å². The lowest BCUT2D eigenvalue weighted by Crippen LogP contribution is -2.75. The average molecular weight is 1110 g/mol. The van der Waals surface area contributed by atoms with Gasteiger partial charge >= 0.3 is 0 Å². The van der Waals surface area contributed by atoms with E-state index in [0.29, 0.717) is 23.7 Å². The van der Waals surface area contributed by atoms with E-state index in [1.165, 1.54) is 37.4 Å². The molecular formula is C78H70N4OSi. The molecule has 0 saturated carbocycles. The topological polar surface area (TPSA) is 31.8 Å². The van der Waals surface area contributed by atoms with Crippen LogP contribution in [0.25, 0.3) is 44.5 Å². The van der Waals surface area contributed by atoms with E-state index < -0.39 is 14.1 Å². The number of ether oxygens (including phenoxy) is 1. The van der Waals surface area contributed by atoms with Gasteiger partial charge in [-0.15, -0.1) is 0 Å². The predicted octanol–water partition coefficient (Wildman–Crippen LogP) is 18.2. The van der Waals surface area contributed by atoms with E-state index in [1.54, 1.807) is 0 Å². The highest BCUT2D eigenvalue weighted by Gasteiger charge is 2.55. The zero-order valence-corrected chi connectivity index (χ0v) is 50.2. The van der Waals surface area contributed by atoms with Gasteiger partial charge in [0.1, 0.15) is 24.0 Å². The maximum absolute atomic E-state index is 9.45. The third-order valence-corrected chi connectivity index (χ3v) is 22.2. The van der Waals surface area contributed by atoms with Crippen molar-refractivity contribution in [1.82, 2.24) is 4.98 Å². The summed E-state index contributed by atoms with van der Waals surface area (Å²) in [4.78, 5) is 12.0. The summed E-state index contributed by atoms with van der Waals surface area (Å²) < 4.78 is 52.7. The van der Waals surface area contributed by atoms with Crippen LogP contribution in [0.2, 0.25) is 0 Å². The van der Waals surface area contributed by atoms with Crippen LogP contribution in [0.5, 0.6) is 11.5 Å². The van der Waals surface area contributed by atoms with Gasteiger partial charge in [0, 0.05) is 40.8 Å². The molecule has 6 heteroatoms. The van der Waals surface area contributed by atoms with Crippen molar-refractivity contribution in [2.75, 3.05) is 21.4 Å². The number of nitrogens with zero attached hydrogens (tertiary/aromatic N) is 4. The number of aromatic nitrogens is 1. The average Bonchev–Trinajstić information content (AvgIpc) is 1.57. The Morgan fingerprint density at radius 2 is 1.04 bits per heavy atom. The summed E-state index contributed by atoms with van der Waals surface area (Å²) in [5.74, 6) is 2.20. The van der Waals surface area contributed by atoms with Crippen LogP contribution in [0, 0.1) is 0 Å². The Labute approximate surface area is 504 Å². The molecule has 0 aliphatic carbocycles.